The Hall–Kier alpha value is -2.47. The van der Waals surface area contributed by atoms with Crippen molar-refractivity contribution in [2.45, 2.75) is 33.1 Å². The largest absolute Gasteiger partial charge is 0.346 e. The first-order valence-corrected chi connectivity index (χ1v) is 9.34. The summed E-state index contributed by atoms with van der Waals surface area (Å²) in [6.07, 6.45) is 2.43. The molecule has 6 heteroatoms. The number of amides is 1. The predicted octanol–water partition coefficient (Wildman–Crippen LogP) is 3.89. The molecule has 128 valence electrons. The van der Waals surface area contributed by atoms with E-state index in [1.807, 2.05) is 43.5 Å². The number of nitrogens with one attached hydrogen (secondary N) is 2. The van der Waals surface area contributed by atoms with E-state index in [9.17, 15) is 4.79 Å². The lowest BCUT2D eigenvalue weighted by molar-refractivity contribution is -0.120. The summed E-state index contributed by atoms with van der Waals surface area (Å²) in [5.41, 5.74) is 5.02. The maximum Gasteiger partial charge on any atom is 0.227 e. The maximum absolute atomic E-state index is 12.7. The molecule has 2 heterocycles. The molecule has 3 aromatic rings. The molecule has 5 nitrogen and oxygen atoms in total. The number of aryl methyl sites for hydroxylation is 3. The zero-order chi connectivity index (χ0) is 17.4. The third kappa shape index (κ3) is 3.35. The van der Waals surface area contributed by atoms with Gasteiger partial charge in [-0.2, -0.15) is 0 Å². The van der Waals surface area contributed by atoms with Gasteiger partial charge < -0.3 is 10.3 Å². The minimum atomic E-state index is -0.0162. The molecule has 0 fully saturated rings. The number of H-pyrrole nitrogens is 1. The number of carbonyl (C=O) groups is 1. The van der Waals surface area contributed by atoms with Crippen molar-refractivity contribution in [3.05, 3.63) is 51.9 Å². The van der Waals surface area contributed by atoms with Crippen molar-refractivity contribution in [1.29, 1.82) is 0 Å². The van der Waals surface area contributed by atoms with Crippen LogP contribution in [0.5, 0.6) is 0 Å². The smallest absolute Gasteiger partial charge is 0.227 e. The topological polar surface area (TPSA) is 70.7 Å². The van der Waals surface area contributed by atoms with Crippen LogP contribution in [0.4, 0.5) is 5.69 Å². The Bertz CT molecular complexity index is 927. The number of rotatable bonds is 3. The van der Waals surface area contributed by atoms with Gasteiger partial charge in [-0.3, -0.25) is 4.79 Å². The van der Waals surface area contributed by atoms with Crippen molar-refractivity contribution in [2.24, 2.45) is 5.92 Å². The summed E-state index contributed by atoms with van der Waals surface area (Å²) in [7, 11) is 0. The summed E-state index contributed by atoms with van der Waals surface area (Å²) in [5, 5.41) is 6.15. The van der Waals surface area contributed by atoms with E-state index in [1.165, 1.54) is 0 Å². The third-order valence-corrected chi connectivity index (χ3v) is 5.35. The molecule has 0 aliphatic heterocycles. The molecule has 1 atom stereocenters. The summed E-state index contributed by atoms with van der Waals surface area (Å²) < 4.78 is 0. The lowest BCUT2D eigenvalue weighted by Crippen LogP contribution is -2.28. The molecule has 1 aromatic carbocycles. The molecular weight excluding hydrogens is 332 g/mol. The van der Waals surface area contributed by atoms with Crippen LogP contribution in [0.1, 0.15) is 28.6 Å². The second-order valence-electron chi connectivity index (χ2n) is 6.51. The second kappa shape index (κ2) is 6.44. The fourth-order valence-electron chi connectivity index (χ4n) is 3.34. The molecule has 1 aliphatic carbocycles. The molecular formula is C19H20N4OS. The molecule has 4 rings (SSSR count). The van der Waals surface area contributed by atoms with Crippen LogP contribution in [0.3, 0.4) is 0 Å². The highest BCUT2D eigenvalue weighted by Crippen LogP contribution is 2.27. The van der Waals surface area contributed by atoms with Gasteiger partial charge in [0.15, 0.2) is 0 Å². The fourth-order valence-corrected chi connectivity index (χ4v) is 3.97. The third-order valence-electron chi connectivity index (χ3n) is 4.58. The lowest BCUT2D eigenvalue weighted by Gasteiger charge is -2.20. The molecule has 1 amide bonds. The number of hydrogen-bond donors (Lipinski definition) is 2. The Morgan fingerprint density at radius 3 is 3.00 bits per heavy atom. The molecule has 2 N–H and O–H groups in total. The summed E-state index contributed by atoms with van der Waals surface area (Å²) in [5.74, 6) is 0.986. The van der Waals surface area contributed by atoms with Crippen molar-refractivity contribution >= 4 is 22.9 Å². The quantitative estimate of drug-likeness (QED) is 0.751. The summed E-state index contributed by atoms with van der Waals surface area (Å²) in [4.78, 5) is 25.0. The molecule has 0 saturated heterocycles. The summed E-state index contributed by atoms with van der Waals surface area (Å²) in [6.45, 7) is 3.95. The van der Waals surface area contributed by atoms with E-state index in [2.05, 4.69) is 20.3 Å². The average Bonchev–Trinajstić information content (AvgIpc) is 3.19. The Morgan fingerprint density at radius 1 is 1.32 bits per heavy atom. The molecule has 1 unspecified atom stereocenters. The minimum absolute atomic E-state index is 0.0162. The van der Waals surface area contributed by atoms with Gasteiger partial charge in [-0.1, -0.05) is 12.1 Å². The zero-order valence-corrected chi connectivity index (χ0v) is 15.1. The molecule has 0 spiro atoms. The fraction of sp³-hybridized carbons (Fsp3) is 0.316. The Balaban J connectivity index is 1.48. The Labute approximate surface area is 150 Å². The van der Waals surface area contributed by atoms with Crippen LogP contribution < -0.4 is 5.32 Å². The van der Waals surface area contributed by atoms with E-state index in [0.29, 0.717) is 0 Å². The van der Waals surface area contributed by atoms with Crippen LogP contribution in [0.2, 0.25) is 0 Å². The van der Waals surface area contributed by atoms with Gasteiger partial charge in [0.1, 0.15) is 5.82 Å². The van der Waals surface area contributed by atoms with E-state index in [0.717, 1.165) is 58.4 Å². The normalized spacial score (nSPS) is 16.5. The van der Waals surface area contributed by atoms with E-state index >= 15 is 0 Å². The number of aromatic amines is 1. The van der Waals surface area contributed by atoms with Crippen molar-refractivity contribution < 1.29 is 4.79 Å². The average molecular weight is 352 g/mol. The molecule has 25 heavy (non-hydrogen) atoms. The zero-order valence-electron chi connectivity index (χ0n) is 14.3. The monoisotopic (exact) mass is 352 g/mol. The van der Waals surface area contributed by atoms with Gasteiger partial charge in [-0.25, -0.2) is 9.97 Å². The second-order valence-corrected chi connectivity index (χ2v) is 7.57. The van der Waals surface area contributed by atoms with Gasteiger partial charge in [0.05, 0.1) is 16.4 Å². The van der Waals surface area contributed by atoms with Gasteiger partial charge in [0.25, 0.3) is 0 Å². The predicted molar refractivity (Wildman–Crippen MR) is 99.8 cm³/mol. The van der Waals surface area contributed by atoms with Crippen molar-refractivity contribution in [1.82, 2.24) is 15.0 Å². The lowest BCUT2D eigenvalue weighted by atomic mass is 9.89. The van der Waals surface area contributed by atoms with Crippen LogP contribution >= 0.6 is 11.3 Å². The number of benzene rings is 1. The number of fused-ring (bicyclic) bond motifs is 1. The number of hydrogen-bond acceptors (Lipinski definition) is 4. The first kappa shape index (κ1) is 16.0. The van der Waals surface area contributed by atoms with E-state index in [1.54, 1.807) is 11.3 Å². The number of carbonyl (C=O) groups excluding carboxylic acids is 1. The minimum Gasteiger partial charge on any atom is -0.346 e. The van der Waals surface area contributed by atoms with E-state index in [-0.39, 0.29) is 11.8 Å². The molecule has 1 aliphatic rings. The number of aromatic nitrogens is 3. The van der Waals surface area contributed by atoms with Gasteiger partial charge in [0.2, 0.25) is 5.91 Å². The molecule has 0 saturated carbocycles. The van der Waals surface area contributed by atoms with Gasteiger partial charge in [-0.05, 0) is 38.8 Å². The van der Waals surface area contributed by atoms with Crippen LogP contribution in [-0.4, -0.2) is 20.9 Å². The standard InChI is InChI=1S/C19H20N4OS/c1-11-20-16-7-6-14(9-17(16)21-11)19(24)23-15-5-3-4-13(8-15)18-10-25-12(2)22-18/h3-5,8,10,14H,6-7,9H2,1-2H3,(H,20,21)(H,23,24). The summed E-state index contributed by atoms with van der Waals surface area (Å²) >= 11 is 1.63. The van der Waals surface area contributed by atoms with Crippen molar-refractivity contribution in [2.75, 3.05) is 5.32 Å². The van der Waals surface area contributed by atoms with Crippen LogP contribution in [-0.2, 0) is 17.6 Å². The first-order valence-electron chi connectivity index (χ1n) is 8.46. The van der Waals surface area contributed by atoms with Gasteiger partial charge in [0, 0.05) is 34.7 Å². The van der Waals surface area contributed by atoms with Crippen LogP contribution in [0, 0.1) is 19.8 Å². The number of thiazole rings is 1. The van der Waals surface area contributed by atoms with Crippen LogP contribution in [0.15, 0.2) is 29.6 Å². The van der Waals surface area contributed by atoms with Gasteiger partial charge in [-0.15, -0.1) is 11.3 Å². The highest BCUT2D eigenvalue weighted by atomic mass is 32.1. The van der Waals surface area contributed by atoms with E-state index in [4.69, 9.17) is 0 Å². The molecule has 2 aromatic heterocycles. The number of anilines is 1. The highest BCUT2D eigenvalue weighted by Gasteiger charge is 2.26. The Kier molecular flexibility index (Phi) is 4.13. The Morgan fingerprint density at radius 2 is 2.20 bits per heavy atom. The SMILES string of the molecule is Cc1nc2c([nH]1)CC(C(=O)Nc1cccc(-c3csc(C)n3)c1)CC2. The van der Waals surface area contributed by atoms with Gasteiger partial charge >= 0.3 is 0 Å². The van der Waals surface area contributed by atoms with Crippen LogP contribution in [0.25, 0.3) is 11.3 Å². The first-order chi connectivity index (χ1) is 12.1. The van der Waals surface area contributed by atoms with Crippen molar-refractivity contribution in [3.8, 4) is 11.3 Å². The van der Waals surface area contributed by atoms with E-state index < -0.39 is 0 Å². The highest BCUT2D eigenvalue weighted by molar-refractivity contribution is 7.09. The van der Waals surface area contributed by atoms with Crippen molar-refractivity contribution in [3.63, 3.8) is 0 Å². The number of nitrogens with zero attached hydrogens (tertiary/aromatic N) is 2. The number of imidazole rings is 1. The summed E-state index contributed by atoms with van der Waals surface area (Å²) in [6, 6.07) is 7.89. The molecule has 0 radical (unpaired) electrons. The maximum atomic E-state index is 12.7. The molecule has 0 bridgehead atoms.